The van der Waals surface area contributed by atoms with Crippen LogP contribution in [0.2, 0.25) is 0 Å². The third-order valence-electron chi connectivity index (χ3n) is 6.28. The topological polar surface area (TPSA) is 88.9 Å². The van der Waals surface area contributed by atoms with Gasteiger partial charge in [-0.15, -0.1) is 5.10 Å². The van der Waals surface area contributed by atoms with Crippen LogP contribution in [0.1, 0.15) is 55.1 Å². The molecule has 1 aromatic carbocycles. The van der Waals surface area contributed by atoms with E-state index in [9.17, 15) is 4.79 Å². The highest BCUT2D eigenvalue weighted by Gasteiger charge is 2.32. The van der Waals surface area contributed by atoms with Crippen molar-refractivity contribution in [1.82, 2.24) is 30.1 Å². The standard InChI is InChI=1S/C22H28N6O2/c1-15-7-8-19-16(12-15)13-18(22(29)23-19)20(27-9-3-2-4-10-27)21-24-25-26-28(21)14-17-6-5-11-30-17/h7-8,12-13,17,20H,2-6,9-11,14H2,1H3,(H,23,29)/t17-,20-/m0/s1. The van der Waals surface area contributed by atoms with E-state index < -0.39 is 0 Å². The van der Waals surface area contributed by atoms with Crippen LogP contribution in [0.5, 0.6) is 0 Å². The van der Waals surface area contributed by atoms with Crippen LogP contribution in [0.15, 0.2) is 29.1 Å². The monoisotopic (exact) mass is 408 g/mol. The van der Waals surface area contributed by atoms with Crippen LogP contribution < -0.4 is 5.56 Å². The highest BCUT2D eigenvalue weighted by Crippen LogP contribution is 2.30. The zero-order valence-electron chi connectivity index (χ0n) is 17.4. The second kappa shape index (κ2) is 8.28. The molecule has 2 aliphatic rings. The number of benzene rings is 1. The number of pyridine rings is 1. The van der Waals surface area contributed by atoms with Crippen LogP contribution in [-0.4, -0.2) is 55.9 Å². The molecule has 0 spiro atoms. The molecule has 0 aliphatic carbocycles. The number of H-pyrrole nitrogens is 1. The Kier molecular flexibility index (Phi) is 5.35. The number of piperidine rings is 1. The number of aryl methyl sites for hydroxylation is 1. The van der Waals surface area contributed by atoms with Gasteiger partial charge in [0.05, 0.1) is 12.6 Å². The van der Waals surface area contributed by atoms with Crippen LogP contribution in [0.3, 0.4) is 0 Å². The van der Waals surface area contributed by atoms with Crippen molar-refractivity contribution in [2.75, 3.05) is 19.7 Å². The largest absolute Gasteiger partial charge is 0.376 e. The first kappa shape index (κ1) is 19.4. The van der Waals surface area contributed by atoms with Crippen LogP contribution in [0.4, 0.5) is 0 Å². The molecule has 158 valence electrons. The van der Waals surface area contributed by atoms with E-state index in [1.54, 1.807) is 0 Å². The Balaban J connectivity index is 1.60. The molecule has 1 N–H and O–H groups in total. The lowest BCUT2D eigenvalue weighted by atomic mass is 10.00. The quantitative estimate of drug-likeness (QED) is 0.698. The van der Waals surface area contributed by atoms with Crippen molar-refractivity contribution >= 4 is 10.9 Å². The minimum atomic E-state index is -0.268. The van der Waals surface area contributed by atoms with Gasteiger partial charge in [0, 0.05) is 17.7 Å². The lowest BCUT2D eigenvalue weighted by Gasteiger charge is -2.33. The maximum Gasteiger partial charge on any atom is 0.253 e. The van der Waals surface area contributed by atoms with Gasteiger partial charge in [-0.3, -0.25) is 9.69 Å². The normalized spacial score (nSPS) is 21.3. The fourth-order valence-electron chi connectivity index (χ4n) is 4.74. The molecular formula is C22H28N6O2. The molecule has 4 heterocycles. The minimum Gasteiger partial charge on any atom is -0.376 e. The highest BCUT2D eigenvalue weighted by molar-refractivity contribution is 5.79. The van der Waals surface area contributed by atoms with Crippen molar-refractivity contribution in [2.45, 2.75) is 57.7 Å². The molecule has 0 amide bonds. The number of ether oxygens (including phenoxy) is 1. The number of hydrogen-bond donors (Lipinski definition) is 1. The van der Waals surface area contributed by atoms with Gasteiger partial charge >= 0.3 is 0 Å². The summed E-state index contributed by atoms with van der Waals surface area (Å²) in [6.07, 6.45) is 5.68. The molecule has 0 unspecified atom stereocenters. The molecule has 8 heteroatoms. The fourth-order valence-corrected chi connectivity index (χ4v) is 4.74. The Bertz CT molecular complexity index is 1080. The number of aromatic nitrogens is 5. The average molecular weight is 409 g/mol. The first-order valence-corrected chi connectivity index (χ1v) is 10.9. The zero-order valence-corrected chi connectivity index (χ0v) is 17.4. The first-order chi connectivity index (χ1) is 14.7. The van der Waals surface area contributed by atoms with E-state index in [1.165, 1.54) is 12.0 Å². The number of rotatable bonds is 5. The molecule has 2 saturated heterocycles. The van der Waals surface area contributed by atoms with E-state index in [2.05, 4.69) is 38.4 Å². The Morgan fingerprint density at radius 3 is 2.87 bits per heavy atom. The lowest BCUT2D eigenvalue weighted by Crippen LogP contribution is -2.39. The summed E-state index contributed by atoms with van der Waals surface area (Å²) in [5.41, 5.74) is 2.65. The molecular weight excluding hydrogens is 380 g/mol. The summed E-state index contributed by atoms with van der Waals surface area (Å²) in [7, 11) is 0. The Labute approximate surface area is 175 Å². The zero-order chi connectivity index (χ0) is 20.5. The molecule has 2 atom stereocenters. The van der Waals surface area contributed by atoms with Crippen molar-refractivity contribution in [1.29, 1.82) is 0 Å². The fraction of sp³-hybridized carbons (Fsp3) is 0.545. The van der Waals surface area contributed by atoms with E-state index in [1.807, 2.05) is 22.9 Å². The van der Waals surface area contributed by atoms with E-state index in [0.29, 0.717) is 12.1 Å². The van der Waals surface area contributed by atoms with Gasteiger partial charge < -0.3 is 9.72 Å². The van der Waals surface area contributed by atoms with Crippen molar-refractivity contribution in [3.05, 3.63) is 51.6 Å². The minimum absolute atomic E-state index is 0.0754. The molecule has 2 aliphatic heterocycles. The van der Waals surface area contributed by atoms with E-state index in [4.69, 9.17) is 4.74 Å². The smallest absolute Gasteiger partial charge is 0.253 e. The van der Waals surface area contributed by atoms with Gasteiger partial charge in [-0.05, 0) is 79.7 Å². The Hall–Kier alpha value is -2.58. The number of tetrazole rings is 1. The van der Waals surface area contributed by atoms with E-state index >= 15 is 0 Å². The van der Waals surface area contributed by atoms with Crippen LogP contribution in [0.25, 0.3) is 10.9 Å². The second-order valence-electron chi connectivity index (χ2n) is 8.50. The number of nitrogens with zero attached hydrogens (tertiary/aromatic N) is 5. The Morgan fingerprint density at radius 2 is 2.07 bits per heavy atom. The molecule has 0 bridgehead atoms. The molecule has 2 aromatic heterocycles. The summed E-state index contributed by atoms with van der Waals surface area (Å²) >= 11 is 0. The third-order valence-corrected chi connectivity index (χ3v) is 6.28. The molecule has 0 radical (unpaired) electrons. The van der Waals surface area contributed by atoms with Crippen LogP contribution >= 0.6 is 0 Å². The van der Waals surface area contributed by atoms with Crippen molar-refractivity contribution in [3.63, 3.8) is 0 Å². The van der Waals surface area contributed by atoms with Gasteiger partial charge in [0.25, 0.3) is 5.56 Å². The molecule has 3 aromatic rings. The van der Waals surface area contributed by atoms with Gasteiger partial charge in [0.15, 0.2) is 5.82 Å². The van der Waals surface area contributed by atoms with Gasteiger partial charge in [-0.2, -0.15) is 0 Å². The number of aromatic amines is 1. The van der Waals surface area contributed by atoms with Crippen molar-refractivity contribution in [3.8, 4) is 0 Å². The summed E-state index contributed by atoms with van der Waals surface area (Å²) in [4.78, 5) is 18.6. The molecule has 2 fully saturated rings. The van der Waals surface area contributed by atoms with Gasteiger partial charge in [-0.25, -0.2) is 4.68 Å². The predicted molar refractivity (Wildman–Crippen MR) is 113 cm³/mol. The van der Waals surface area contributed by atoms with Gasteiger partial charge in [0.2, 0.25) is 0 Å². The molecule has 8 nitrogen and oxygen atoms in total. The SMILES string of the molecule is Cc1ccc2[nH]c(=O)c([C@@H](c3nnnn3C[C@@H]3CCCO3)N3CCCCC3)cc2c1. The maximum absolute atomic E-state index is 13.2. The number of nitrogens with one attached hydrogen (secondary N) is 1. The number of fused-ring (bicyclic) bond motifs is 1. The maximum atomic E-state index is 13.2. The summed E-state index contributed by atoms with van der Waals surface area (Å²) in [6.45, 7) is 5.35. The molecule has 5 rings (SSSR count). The summed E-state index contributed by atoms with van der Waals surface area (Å²) in [6, 6.07) is 7.84. The van der Waals surface area contributed by atoms with Gasteiger partial charge in [-0.1, -0.05) is 18.1 Å². The summed E-state index contributed by atoms with van der Waals surface area (Å²) in [5, 5.41) is 13.7. The molecule has 30 heavy (non-hydrogen) atoms. The predicted octanol–water partition coefficient (Wildman–Crippen LogP) is 2.58. The number of likely N-dealkylation sites (tertiary alicyclic amines) is 1. The Morgan fingerprint density at radius 1 is 1.20 bits per heavy atom. The lowest BCUT2D eigenvalue weighted by molar-refractivity contribution is 0.0902. The summed E-state index contributed by atoms with van der Waals surface area (Å²) in [5.74, 6) is 0.727. The molecule has 0 saturated carbocycles. The van der Waals surface area contributed by atoms with E-state index in [0.717, 1.165) is 62.1 Å². The van der Waals surface area contributed by atoms with E-state index in [-0.39, 0.29) is 17.7 Å². The second-order valence-corrected chi connectivity index (χ2v) is 8.50. The first-order valence-electron chi connectivity index (χ1n) is 10.9. The van der Waals surface area contributed by atoms with Gasteiger partial charge in [0.1, 0.15) is 6.04 Å². The van der Waals surface area contributed by atoms with Crippen LogP contribution in [0, 0.1) is 6.92 Å². The van der Waals surface area contributed by atoms with Crippen molar-refractivity contribution in [2.24, 2.45) is 0 Å². The summed E-state index contributed by atoms with van der Waals surface area (Å²) < 4.78 is 7.65. The third kappa shape index (κ3) is 3.77. The average Bonchev–Trinajstić information content (AvgIpc) is 3.43. The number of hydrogen-bond acceptors (Lipinski definition) is 6. The van der Waals surface area contributed by atoms with Crippen molar-refractivity contribution < 1.29 is 4.74 Å². The van der Waals surface area contributed by atoms with Crippen LogP contribution in [-0.2, 0) is 11.3 Å². The highest BCUT2D eigenvalue weighted by atomic mass is 16.5.